The Balaban J connectivity index is 1.80. The van der Waals surface area contributed by atoms with E-state index in [1.54, 1.807) is 0 Å². The maximum atomic E-state index is 12.5. The first kappa shape index (κ1) is 13.7. The van der Waals surface area contributed by atoms with E-state index in [9.17, 15) is 4.79 Å². The summed E-state index contributed by atoms with van der Waals surface area (Å²) in [4.78, 5) is 14.4. The SMILES string of the molecule is Cc1ccc([C@H]2CSCCN2C(=O)[C@H]2CC2(Cl)Cl)o1. The summed E-state index contributed by atoms with van der Waals surface area (Å²) in [5, 5.41) is 0. The van der Waals surface area contributed by atoms with Gasteiger partial charge in [0.15, 0.2) is 0 Å². The van der Waals surface area contributed by atoms with Crippen LogP contribution in [0.1, 0.15) is 24.0 Å². The molecule has 0 aromatic carbocycles. The number of furan rings is 1. The molecule has 1 amide bonds. The fraction of sp³-hybridized carbons (Fsp3) is 0.615. The number of hydrogen-bond donors (Lipinski definition) is 0. The molecule has 2 atom stereocenters. The van der Waals surface area contributed by atoms with Crippen LogP contribution in [0.25, 0.3) is 0 Å². The number of carbonyl (C=O) groups excluding carboxylic acids is 1. The van der Waals surface area contributed by atoms with Gasteiger partial charge in [0.25, 0.3) is 0 Å². The number of nitrogens with zero attached hydrogens (tertiary/aromatic N) is 1. The molecule has 2 aliphatic rings. The number of amides is 1. The topological polar surface area (TPSA) is 33.5 Å². The standard InChI is InChI=1S/C13H15Cl2NO2S/c1-8-2-3-11(18-8)10-7-19-5-4-16(10)12(17)9-6-13(9,14)15/h2-3,9-10H,4-7H2,1H3/t9-,10-/m1/s1. The van der Waals surface area contributed by atoms with E-state index >= 15 is 0 Å². The molecule has 0 radical (unpaired) electrons. The van der Waals surface area contributed by atoms with Crippen LogP contribution < -0.4 is 0 Å². The molecule has 2 heterocycles. The summed E-state index contributed by atoms with van der Waals surface area (Å²) in [6.45, 7) is 2.64. The van der Waals surface area contributed by atoms with Crippen LogP contribution in [0.2, 0.25) is 0 Å². The molecule has 1 aliphatic carbocycles. The summed E-state index contributed by atoms with van der Waals surface area (Å²) < 4.78 is 4.83. The third-order valence-electron chi connectivity index (χ3n) is 3.63. The average molecular weight is 320 g/mol. The lowest BCUT2D eigenvalue weighted by atomic mass is 10.2. The summed E-state index contributed by atoms with van der Waals surface area (Å²) in [5.41, 5.74) is 0. The Morgan fingerprint density at radius 2 is 2.26 bits per heavy atom. The van der Waals surface area contributed by atoms with Crippen molar-refractivity contribution in [2.24, 2.45) is 5.92 Å². The van der Waals surface area contributed by atoms with Gasteiger partial charge in [-0.3, -0.25) is 4.79 Å². The van der Waals surface area contributed by atoms with E-state index in [1.807, 2.05) is 35.7 Å². The van der Waals surface area contributed by atoms with Gasteiger partial charge < -0.3 is 9.32 Å². The van der Waals surface area contributed by atoms with Crippen molar-refractivity contribution in [3.05, 3.63) is 23.7 Å². The molecule has 1 saturated carbocycles. The van der Waals surface area contributed by atoms with Crippen LogP contribution in [0.4, 0.5) is 0 Å². The molecule has 1 saturated heterocycles. The Morgan fingerprint density at radius 1 is 1.53 bits per heavy atom. The molecule has 0 spiro atoms. The van der Waals surface area contributed by atoms with E-state index < -0.39 is 4.33 Å². The van der Waals surface area contributed by atoms with Crippen molar-refractivity contribution in [2.45, 2.75) is 23.7 Å². The fourth-order valence-electron chi connectivity index (χ4n) is 2.42. The summed E-state index contributed by atoms with van der Waals surface area (Å²) in [6.07, 6.45) is 0.558. The third kappa shape index (κ3) is 2.63. The third-order valence-corrected chi connectivity index (χ3v) is 5.48. The van der Waals surface area contributed by atoms with Crippen LogP contribution >= 0.6 is 35.0 Å². The molecule has 2 fully saturated rings. The van der Waals surface area contributed by atoms with Crippen LogP contribution in [-0.2, 0) is 4.79 Å². The van der Waals surface area contributed by atoms with E-state index in [4.69, 9.17) is 27.6 Å². The maximum Gasteiger partial charge on any atom is 0.229 e. The monoisotopic (exact) mass is 319 g/mol. The predicted octanol–water partition coefficient (Wildman–Crippen LogP) is 3.40. The van der Waals surface area contributed by atoms with Crippen molar-refractivity contribution in [3.8, 4) is 0 Å². The molecule has 0 unspecified atom stereocenters. The minimum absolute atomic E-state index is 0.00434. The second kappa shape index (κ2) is 4.90. The second-order valence-corrected chi connectivity index (χ2v) is 7.78. The Morgan fingerprint density at radius 3 is 2.84 bits per heavy atom. The summed E-state index contributed by atoms with van der Waals surface area (Å²) in [5.74, 6) is 3.35. The molecule has 0 bridgehead atoms. The highest BCUT2D eigenvalue weighted by atomic mass is 35.5. The minimum atomic E-state index is -0.856. The summed E-state index contributed by atoms with van der Waals surface area (Å²) in [7, 11) is 0. The minimum Gasteiger partial charge on any atom is -0.464 e. The molecule has 3 rings (SSSR count). The fourth-order valence-corrected chi connectivity index (χ4v) is 3.97. The van der Waals surface area contributed by atoms with Crippen molar-refractivity contribution in [1.29, 1.82) is 0 Å². The predicted molar refractivity (Wildman–Crippen MR) is 77.8 cm³/mol. The summed E-state index contributed by atoms with van der Waals surface area (Å²) >= 11 is 13.9. The first-order valence-corrected chi connectivity index (χ1v) is 8.22. The van der Waals surface area contributed by atoms with E-state index in [2.05, 4.69) is 0 Å². The highest BCUT2D eigenvalue weighted by molar-refractivity contribution is 7.99. The van der Waals surface area contributed by atoms with E-state index in [-0.39, 0.29) is 17.9 Å². The average Bonchev–Trinajstić information content (AvgIpc) is 2.82. The van der Waals surface area contributed by atoms with E-state index in [0.29, 0.717) is 6.42 Å². The number of rotatable bonds is 2. The molecular weight excluding hydrogens is 305 g/mol. The van der Waals surface area contributed by atoms with Crippen molar-refractivity contribution in [2.75, 3.05) is 18.1 Å². The molecule has 1 aromatic heterocycles. The highest BCUT2D eigenvalue weighted by Gasteiger charge is 2.58. The second-order valence-electron chi connectivity index (χ2n) is 5.09. The number of thioether (sulfide) groups is 1. The zero-order chi connectivity index (χ0) is 13.6. The number of hydrogen-bond acceptors (Lipinski definition) is 3. The van der Waals surface area contributed by atoms with E-state index in [1.165, 1.54) is 0 Å². The van der Waals surface area contributed by atoms with Crippen LogP contribution in [0, 0.1) is 12.8 Å². The molecule has 1 aliphatic heterocycles. The molecule has 0 N–H and O–H groups in total. The quantitative estimate of drug-likeness (QED) is 0.783. The lowest BCUT2D eigenvalue weighted by Crippen LogP contribution is -2.42. The van der Waals surface area contributed by atoms with Gasteiger partial charge >= 0.3 is 0 Å². The molecule has 19 heavy (non-hydrogen) atoms. The smallest absolute Gasteiger partial charge is 0.229 e. The van der Waals surface area contributed by atoms with Gasteiger partial charge in [-0.2, -0.15) is 11.8 Å². The van der Waals surface area contributed by atoms with Gasteiger partial charge in [-0.25, -0.2) is 0 Å². The van der Waals surface area contributed by atoms with Crippen molar-refractivity contribution >= 4 is 40.9 Å². The Bertz CT molecular complexity index is 503. The van der Waals surface area contributed by atoms with Crippen LogP contribution in [0.15, 0.2) is 16.5 Å². The van der Waals surface area contributed by atoms with Crippen LogP contribution in [0.5, 0.6) is 0 Å². The summed E-state index contributed by atoms with van der Waals surface area (Å²) in [6, 6.07) is 3.89. The lowest BCUT2D eigenvalue weighted by molar-refractivity contribution is -0.134. The molecule has 3 nitrogen and oxygen atoms in total. The van der Waals surface area contributed by atoms with Gasteiger partial charge in [-0.15, -0.1) is 23.2 Å². The zero-order valence-electron chi connectivity index (χ0n) is 10.6. The van der Waals surface area contributed by atoms with Gasteiger partial charge in [0.2, 0.25) is 5.91 Å². The first-order chi connectivity index (χ1) is 8.99. The lowest BCUT2D eigenvalue weighted by Gasteiger charge is -2.34. The normalized spacial score (nSPS) is 29.3. The van der Waals surface area contributed by atoms with Crippen molar-refractivity contribution < 1.29 is 9.21 Å². The Hall–Kier alpha value is -0.320. The van der Waals surface area contributed by atoms with E-state index in [0.717, 1.165) is 29.6 Å². The Kier molecular flexibility index (Phi) is 3.52. The van der Waals surface area contributed by atoms with Gasteiger partial charge in [0.05, 0.1) is 12.0 Å². The van der Waals surface area contributed by atoms with Gasteiger partial charge in [-0.1, -0.05) is 0 Å². The molecule has 6 heteroatoms. The van der Waals surface area contributed by atoms with Crippen molar-refractivity contribution in [1.82, 2.24) is 4.90 Å². The molecule has 104 valence electrons. The van der Waals surface area contributed by atoms with Gasteiger partial charge in [0, 0.05) is 18.1 Å². The van der Waals surface area contributed by atoms with Gasteiger partial charge in [-0.05, 0) is 25.5 Å². The zero-order valence-corrected chi connectivity index (χ0v) is 12.9. The largest absolute Gasteiger partial charge is 0.464 e. The number of carbonyl (C=O) groups is 1. The van der Waals surface area contributed by atoms with Crippen LogP contribution in [0.3, 0.4) is 0 Å². The van der Waals surface area contributed by atoms with Crippen LogP contribution in [-0.4, -0.2) is 33.2 Å². The molecule has 1 aromatic rings. The highest BCUT2D eigenvalue weighted by Crippen LogP contribution is 2.54. The number of aryl methyl sites for hydroxylation is 1. The van der Waals surface area contributed by atoms with Gasteiger partial charge in [0.1, 0.15) is 15.9 Å². The molecular formula is C13H15Cl2NO2S. The number of alkyl halides is 2. The maximum absolute atomic E-state index is 12.5. The van der Waals surface area contributed by atoms with Crippen molar-refractivity contribution in [3.63, 3.8) is 0 Å². The first-order valence-electron chi connectivity index (χ1n) is 6.31. The Labute approximate surface area is 126 Å². The number of halogens is 2.